The number of nitrogens with zero attached hydrogens (tertiary/aromatic N) is 6. The Balaban J connectivity index is 0.772. The highest BCUT2D eigenvalue weighted by Gasteiger charge is 2.24. The van der Waals surface area contributed by atoms with E-state index in [0.717, 1.165) is 84.1 Å². The van der Waals surface area contributed by atoms with Crippen LogP contribution in [0.3, 0.4) is 0 Å². The molecule has 1 N–H and O–H groups in total. The van der Waals surface area contributed by atoms with Crippen LogP contribution in [0, 0.1) is 5.92 Å². The van der Waals surface area contributed by atoms with Crippen molar-refractivity contribution in [2.24, 2.45) is 5.92 Å². The summed E-state index contributed by atoms with van der Waals surface area (Å²) < 4.78 is 45.9. The van der Waals surface area contributed by atoms with E-state index in [-0.39, 0.29) is 42.0 Å². The van der Waals surface area contributed by atoms with Gasteiger partial charge in [-0.2, -0.15) is 0 Å². The first-order chi connectivity index (χ1) is 43.4. The predicted octanol–water partition coefficient (Wildman–Crippen LogP) is 18.4. The van der Waals surface area contributed by atoms with Crippen LogP contribution in [0.15, 0.2) is 201 Å². The van der Waals surface area contributed by atoms with Gasteiger partial charge in [0.15, 0.2) is 11.5 Å². The third kappa shape index (κ3) is 13.2. The first kappa shape index (κ1) is 58.9. The lowest BCUT2D eigenvalue weighted by atomic mass is 9.87. The Labute approximate surface area is 524 Å². The number of benzene rings is 7. The summed E-state index contributed by atoms with van der Waals surface area (Å²) in [5.41, 5.74) is 13.9. The van der Waals surface area contributed by atoms with Crippen LogP contribution in [0.2, 0.25) is 0 Å². The van der Waals surface area contributed by atoms with Crippen LogP contribution in [0.25, 0.3) is 78.8 Å². The molecule has 1 atom stereocenters. The molecule has 2 aliphatic carbocycles. The number of nitrogens with one attached hydrogen (secondary N) is 1. The highest BCUT2D eigenvalue weighted by Crippen LogP contribution is 2.42. The van der Waals surface area contributed by atoms with Gasteiger partial charge < -0.3 is 37.2 Å². The summed E-state index contributed by atoms with van der Waals surface area (Å²) in [7, 11) is 0. The maximum atomic E-state index is 6.90. The number of para-hydroxylation sites is 1. The SMILES string of the molecule is CC(C)(C)c1ccc(-c2nnc(C3=CCC(COc4cc(COc5ccc6c(c5)[nH]c5ccccc56)cc(OCC5=CC=C(c6nnc(-c7ccc(C(C)(C)C)cc7)o6)CC5)c4OCc4ccc(-c5nnc(-c6ccc(C(C)(C)C)cc6)o5)cc4)C=C3)o2)cc1. The van der Waals surface area contributed by atoms with Gasteiger partial charge in [-0.15, -0.1) is 30.6 Å². The molecule has 13 rings (SSSR count). The van der Waals surface area contributed by atoms with Crippen molar-refractivity contribution in [3.63, 3.8) is 0 Å². The standard InChI is InChI=1S/C76H73N7O7/c1-74(2,3)57-32-26-54(27-33-57)71-81-78-68(88-71)51-20-14-47(15-21-51)43-85-65-40-50(46-84-60-38-39-62-61-12-10-11-13-63(61)77-64(62)42-60)41-66(86-44-48-16-22-52(23-17-48)69-79-82-72(89-69)55-28-34-58(35-29-55)75(4,5)6)67(65)87-45-49-18-24-53(25-19-49)70-80-83-73(90-70)56-30-36-59(37-31-56)76(7,8)9/h10-14,16,18-22,24-42,47,77H,15,17,23,43-46H2,1-9H3. The molecule has 4 heterocycles. The molecule has 14 nitrogen and oxygen atoms in total. The molecule has 4 aromatic heterocycles. The normalized spacial score (nSPS) is 14.6. The van der Waals surface area contributed by atoms with Crippen LogP contribution in [-0.4, -0.2) is 48.8 Å². The van der Waals surface area contributed by atoms with Gasteiger partial charge in [-0.3, -0.25) is 0 Å². The first-order valence-electron chi connectivity index (χ1n) is 30.8. The average molecular weight is 1200 g/mol. The van der Waals surface area contributed by atoms with Gasteiger partial charge in [-0.1, -0.05) is 159 Å². The van der Waals surface area contributed by atoms with Crippen molar-refractivity contribution in [2.45, 2.75) is 111 Å². The zero-order valence-corrected chi connectivity index (χ0v) is 52.4. The Morgan fingerprint density at radius 1 is 0.456 bits per heavy atom. The lowest BCUT2D eigenvalue weighted by Crippen LogP contribution is -2.13. The molecular weight excluding hydrogens is 1120 g/mol. The lowest BCUT2D eigenvalue weighted by molar-refractivity contribution is 0.227. The Kier molecular flexibility index (Phi) is 16.0. The minimum Gasteiger partial charge on any atom is -0.489 e. The number of allylic oxidation sites excluding steroid dienone is 6. The topological polar surface area (TPSA) is 169 Å². The molecule has 454 valence electrons. The van der Waals surface area contributed by atoms with E-state index in [1.807, 2.05) is 103 Å². The van der Waals surface area contributed by atoms with Gasteiger partial charge in [0, 0.05) is 61.7 Å². The third-order valence-corrected chi connectivity index (χ3v) is 16.6. The first-order valence-corrected chi connectivity index (χ1v) is 30.8. The molecule has 0 saturated heterocycles. The molecule has 2 aliphatic rings. The molecule has 0 amide bonds. The summed E-state index contributed by atoms with van der Waals surface area (Å²) in [5, 5.41) is 28.8. The molecule has 90 heavy (non-hydrogen) atoms. The second-order valence-corrected chi connectivity index (χ2v) is 26.4. The molecule has 1 unspecified atom stereocenters. The minimum atomic E-state index is 0.0131. The highest BCUT2D eigenvalue weighted by molar-refractivity contribution is 6.07. The summed E-state index contributed by atoms with van der Waals surface area (Å²) in [5.74, 6) is 5.05. The molecule has 0 aliphatic heterocycles. The summed E-state index contributed by atoms with van der Waals surface area (Å²) in [4.78, 5) is 3.55. The van der Waals surface area contributed by atoms with Crippen LogP contribution < -0.4 is 18.9 Å². The monoisotopic (exact) mass is 1200 g/mol. The van der Waals surface area contributed by atoms with Gasteiger partial charge in [0.05, 0.1) is 12.1 Å². The summed E-state index contributed by atoms with van der Waals surface area (Å²) in [6.07, 6.45) is 12.5. The maximum Gasteiger partial charge on any atom is 0.248 e. The lowest BCUT2D eigenvalue weighted by Gasteiger charge is -2.22. The number of aromatic amines is 1. The number of aromatic nitrogens is 7. The smallest absolute Gasteiger partial charge is 0.248 e. The van der Waals surface area contributed by atoms with E-state index >= 15 is 0 Å². The minimum absolute atomic E-state index is 0.0131. The fourth-order valence-electron chi connectivity index (χ4n) is 11.1. The number of hydrogen-bond acceptors (Lipinski definition) is 13. The summed E-state index contributed by atoms with van der Waals surface area (Å²) in [6, 6.07) is 51.3. The second-order valence-electron chi connectivity index (χ2n) is 26.4. The molecule has 0 saturated carbocycles. The summed E-state index contributed by atoms with van der Waals surface area (Å²) in [6.45, 7) is 20.8. The van der Waals surface area contributed by atoms with Crippen molar-refractivity contribution in [1.82, 2.24) is 35.6 Å². The summed E-state index contributed by atoms with van der Waals surface area (Å²) >= 11 is 0. The quantitative estimate of drug-likeness (QED) is 0.0862. The number of ether oxygens (including phenoxy) is 4. The van der Waals surface area contributed by atoms with E-state index in [0.29, 0.717) is 72.0 Å². The van der Waals surface area contributed by atoms with Crippen molar-refractivity contribution in [3.05, 3.63) is 227 Å². The Morgan fingerprint density at radius 3 is 1.52 bits per heavy atom. The van der Waals surface area contributed by atoms with E-state index < -0.39 is 0 Å². The Morgan fingerprint density at radius 2 is 0.967 bits per heavy atom. The van der Waals surface area contributed by atoms with Crippen LogP contribution in [0.4, 0.5) is 0 Å². The number of fused-ring (bicyclic) bond motifs is 3. The molecule has 14 heteroatoms. The van der Waals surface area contributed by atoms with Crippen molar-refractivity contribution in [3.8, 4) is 68.8 Å². The highest BCUT2D eigenvalue weighted by atomic mass is 16.5. The largest absolute Gasteiger partial charge is 0.489 e. The van der Waals surface area contributed by atoms with Gasteiger partial charge in [-0.05, 0) is 148 Å². The van der Waals surface area contributed by atoms with Crippen LogP contribution in [0.5, 0.6) is 23.0 Å². The van der Waals surface area contributed by atoms with Crippen molar-refractivity contribution < 1.29 is 32.2 Å². The van der Waals surface area contributed by atoms with E-state index in [9.17, 15) is 0 Å². The van der Waals surface area contributed by atoms with Gasteiger partial charge in [0.1, 0.15) is 25.6 Å². The zero-order chi connectivity index (χ0) is 62.2. The average Bonchev–Trinajstić information content (AvgIpc) is 1.84. The fraction of sp³-hybridized carbons (Fsp3) is 0.263. The van der Waals surface area contributed by atoms with Gasteiger partial charge in [0.2, 0.25) is 41.1 Å². The van der Waals surface area contributed by atoms with E-state index in [2.05, 4.69) is 177 Å². The molecule has 11 aromatic rings. The third-order valence-electron chi connectivity index (χ3n) is 16.6. The van der Waals surface area contributed by atoms with Crippen LogP contribution >= 0.6 is 0 Å². The van der Waals surface area contributed by atoms with E-state index in [4.69, 9.17) is 32.2 Å². The van der Waals surface area contributed by atoms with Crippen molar-refractivity contribution in [1.29, 1.82) is 0 Å². The fourth-order valence-corrected chi connectivity index (χ4v) is 11.1. The van der Waals surface area contributed by atoms with Gasteiger partial charge in [-0.25, -0.2) is 0 Å². The zero-order valence-electron chi connectivity index (χ0n) is 52.4. The van der Waals surface area contributed by atoms with Gasteiger partial charge in [0.25, 0.3) is 0 Å². The molecule has 7 aromatic carbocycles. The second kappa shape index (κ2) is 24.5. The number of hydrogen-bond donors (Lipinski definition) is 1. The van der Waals surface area contributed by atoms with Crippen molar-refractivity contribution in [2.75, 3.05) is 13.2 Å². The number of H-pyrrole nitrogens is 1. The van der Waals surface area contributed by atoms with Crippen LogP contribution in [0.1, 0.15) is 121 Å². The Hall–Kier alpha value is -10.1. The molecule has 0 fully saturated rings. The molecular formula is C76H73N7O7. The van der Waals surface area contributed by atoms with Crippen molar-refractivity contribution >= 4 is 33.0 Å². The number of rotatable bonds is 18. The van der Waals surface area contributed by atoms with Crippen LogP contribution in [-0.2, 0) is 29.5 Å². The molecule has 0 bridgehead atoms. The van der Waals surface area contributed by atoms with E-state index in [1.165, 1.54) is 16.7 Å². The Bertz CT molecular complexity index is 4500. The maximum absolute atomic E-state index is 6.90. The van der Waals surface area contributed by atoms with Gasteiger partial charge >= 0.3 is 0 Å². The molecule has 0 radical (unpaired) electrons. The van der Waals surface area contributed by atoms with E-state index in [1.54, 1.807) is 0 Å². The molecule has 0 spiro atoms. The predicted molar refractivity (Wildman–Crippen MR) is 353 cm³/mol.